The molecule has 0 aromatic carbocycles. The number of nitrogens with zero attached hydrogens (tertiary/aromatic N) is 2. The molecule has 3 rings (SSSR count). The van der Waals surface area contributed by atoms with Crippen molar-refractivity contribution in [2.24, 2.45) is 0 Å². The molecule has 23 heavy (non-hydrogen) atoms. The zero-order chi connectivity index (χ0) is 16.4. The standard InChI is InChI=1S/C17H24N2O4/c1-21-12-6-7-17(23-3)8-10-19(14(17)11-12)16(20)13-5-4-9-18-15(13)22-2/h4-5,9,12,14H,6-8,10-11H2,1-3H3/t12-,14+,17-/m1/s1. The van der Waals surface area contributed by atoms with E-state index in [9.17, 15) is 4.79 Å². The Kier molecular flexibility index (Phi) is 4.55. The summed E-state index contributed by atoms with van der Waals surface area (Å²) < 4.78 is 16.7. The summed E-state index contributed by atoms with van der Waals surface area (Å²) in [5.74, 6) is 0.321. The number of amides is 1. The SMILES string of the molecule is COc1ncccc1C(=O)N1CC[C@]2(OC)CC[C@@H](OC)C[C@H]12. The quantitative estimate of drug-likeness (QED) is 0.848. The van der Waals surface area contributed by atoms with Crippen molar-refractivity contribution in [2.75, 3.05) is 27.9 Å². The molecule has 2 aliphatic rings. The predicted octanol–water partition coefficient (Wildman–Crippen LogP) is 1.89. The first kappa shape index (κ1) is 16.2. The summed E-state index contributed by atoms with van der Waals surface area (Å²) in [5.41, 5.74) is 0.251. The van der Waals surface area contributed by atoms with E-state index in [1.165, 1.54) is 7.11 Å². The number of likely N-dealkylation sites (tertiary alicyclic amines) is 1. The monoisotopic (exact) mass is 320 g/mol. The van der Waals surface area contributed by atoms with Crippen molar-refractivity contribution in [3.8, 4) is 5.88 Å². The topological polar surface area (TPSA) is 60.9 Å². The van der Waals surface area contributed by atoms with Crippen LogP contribution in [0.4, 0.5) is 0 Å². The molecular weight excluding hydrogens is 296 g/mol. The molecule has 1 aliphatic heterocycles. The highest BCUT2D eigenvalue weighted by Crippen LogP contribution is 2.43. The van der Waals surface area contributed by atoms with Crippen molar-refractivity contribution < 1.29 is 19.0 Å². The highest BCUT2D eigenvalue weighted by atomic mass is 16.5. The highest BCUT2D eigenvalue weighted by molar-refractivity contribution is 5.96. The lowest BCUT2D eigenvalue weighted by Crippen LogP contribution is -2.53. The molecular formula is C17H24N2O4. The van der Waals surface area contributed by atoms with Crippen LogP contribution in [0.25, 0.3) is 0 Å². The minimum absolute atomic E-state index is 0.0311. The fraction of sp³-hybridized carbons (Fsp3) is 0.647. The number of carbonyl (C=O) groups is 1. The zero-order valence-corrected chi connectivity index (χ0v) is 13.9. The molecule has 6 heteroatoms. The number of methoxy groups -OCH3 is 3. The zero-order valence-electron chi connectivity index (χ0n) is 13.9. The van der Waals surface area contributed by atoms with Crippen LogP contribution in [0.5, 0.6) is 5.88 Å². The molecule has 2 fully saturated rings. The Morgan fingerprint density at radius 2 is 2.17 bits per heavy atom. The maximum absolute atomic E-state index is 13.0. The molecule has 6 nitrogen and oxygen atoms in total. The van der Waals surface area contributed by atoms with Crippen LogP contribution in [0, 0.1) is 0 Å². The lowest BCUT2D eigenvalue weighted by molar-refractivity contribution is -0.0893. The summed E-state index contributed by atoms with van der Waals surface area (Å²) >= 11 is 0. The average molecular weight is 320 g/mol. The second-order valence-electron chi connectivity index (χ2n) is 6.23. The van der Waals surface area contributed by atoms with Gasteiger partial charge in [-0.1, -0.05) is 0 Å². The van der Waals surface area contributed by atoms with Gasteiger partial charge in [-0.3, -0.25) is 4.79 Å². The lowest BCUT2D eigenvalue weighted by atomic mass is 9.79. The van der Waals surface area contributed by atoms with Crippen molar-refractivity contribution in [3.05, 3.63) is 23.9 Å². The van der Waals surface area contributed by atoms with E-state index in [4.69, 9.17) is 14.2 Å². The number of hydrogen-bond donors (Lipinski definition) is 0. The number of ether oxygens (including phenoxy) is 3. The Morgan fingerprint density at radius 1 is 1.35 bits per heavy atom. The van der Waals surface area contributed by atoms with Crippen LogP contribution in [0.1, 0.15) is 36.0 Å². The molecule has 2 heterocycles. The first-order valence-corrected chi connectivity index (χ1v) is 8.03. The molecule has 0 unspecified atom stereocenters. The van der Waals surface area contributed by atoms with E-state index in [1.54, 1.807) is 32.5 Å². The first-order chi connectivity index (χ1) is 11.1. The Balaban J connectivity index is 1.89. The van der Waals surface area contributed by atoms with Crippen molar-refractivity contribution in [3.63, 3.8) is 0 Å². The minimum atomic E-state index is -0.250. The molecule has 0 spiro atoms. The third kappa shape index (κ3) is 2.70. The molecule has 1 amide bonds. The van der Waals surface area contributed by atoms with E-state index in [0.29, 0.717) is 18.0 Å². The summed E-state index contributed by atoms with van der Waals surface area (Å²) in [6.07, 6.45) is 5.35. The Hall–Kier alpha value is -1.66. The summed E-state index contributed by atoms with van der Waals surface area (Å²) in [4.78, 5) is 19.1. The van der Waals surface area contributed by atoms with E-state index in [-0.39, 0.29) is 23.7 Å². The van der Waals surface area contributed by atoms with Gasteiger partial charge in [0.25, 0.3) is 5.91 Å². The minimum Gasteiger partial charge on any atom is -0.480 e. The fourth-order valence-electron chi connectivity index (χ4n) is 3.99. The van der Waals surface area contributed by atoms with Gasteiger partial charge in [0.2, 0.25) is 5.88 Å². The largest absolute Gasteiger partial charge is 0.480 e. The van der Waals surface area contributed by atoms with Gasteiger partial charge in [0.05, 0.1) is 24.9 Å². The average Bonchev–Trinajstić information content (AvgIpc) is 3.00. The smallest absolute Gasteiger partial charge is 0.259 e. The predicted molar refractivity (Wildman–Crippen MR) is 84.6 cm³/mol. The molecule has 3 atom stereocenters. The van der Waals surface area contributed by atoms with E-state index < -0.39 is 0 Å². The molecule has 126 valence electrons. The summed E-state index contributed by atoms with van der Waals surface area (Å²) in [6, 6.07) is 3.55. The molecule has 1 aliphatic carbocycles. The molecule has 1 saturated heterocycles. The lowest BCUT2D eigenvalue weighted by Gasteiger charge is -2.43. The van der Waals surface area contributed by atoms with Crippen LogP contribution in [-0.2, 0) is 9.47 Å². The highest BCUT2D eigenvalue weighted by Gasteiger charge is 2.52. The van der Waals surface area contributed by atoms with Gasteiger partial charge in [0, 0.05) is 27.0 Å². The molecule has 0 bridgehead atoms. The van der Waals surface area contributed by atoms with Gasteiger partial charge in [-0.15, -0.1) is 0 Å². The second kappa shape index (κ2) is 6.45. The van der Waals surface area contributed by atoms with E-state index >= 15 is 0 Å². The summed E-state index contributed by atoms with van der Waals surface area (Å²) in [6.45, 7) is 0.686. The van der Waals surface area contributed by atoms with Crippen LogP contribution in [0.15, 0.2) is 18.3 Å². The van der Waals surface area contributed by atoms with Crippen molar-refractivity contribution in [1.29, 1.82) is 0 Å². The third-order valence-electron chi connectivity index (χ3n) is 5.33. The Bertz CT molecular complexity index is 579. The van der Waals surface area contributed by atoms with Crippen LogP contribution in [-0.4, -0.2) is 61.4 Å². The van der Waals surface area contributed by atoms with Crippen molar-refractivity contribution in [1.82, 2.24) is 9.88 Å². The molecule has 1 aromatic rings. The fourth-order valence-corrected chi connectivity index (χ4v) is 3.99. The maximum Gasteiger partial charge on any atom is 0.259 e. The van der Waals surface area contributed by atoms with Crippen LogP contribution in [0.2, 0.25) is 0 Å². The Labute approximate surface area is 136 Å². The molecule has 1 saturated carbocycles. The number of aromatic nitrogens is 1. The van der Waals surface area contributed by atoms with Crippen LogP contribution < -0.4 is 4.74 Å². The van der Waals surface area contributed by atoms with E-state index in [2.05, 4.69) is 4.98 Å². The van der Waals surface area contributed by atoms with Gasteiger partial charge in [-0.2, -0.15) is 0 Å². The normalized spacial score (nSPS) is 30.1. The second-order valence-corrected chi connectivity index (χ2v) is 6.23. The third-order valence-corrected chi connectivity index (χ3v) is 5.33. The van der Waals surface area contributed by atoms with Gasteiger partial charge in [-0.05, 0) is 37.8 Å². The number of rotatable bonds is 4. The van der Waals surface area contributed by atoms with Gasteiger partial charge < -0.3 is 19.1 Å². The van der Waals surface area contributed by atoms with Crippen LogP contribution >= 0.6 is 0 Å². The molecule has 0 N–H and O–H groups in total. The maximum atomic E-state index is 13.0. The molecule has 0 radical (unpaired) electrons. The molecule has 1 aromatic heterocycles. The summed E-state index contributed by atoms with van der Waals surface area (Å²) in [7, 11) is 5.01. The Morgan fingerprint density at radius 3 is 2.87 bits per heavy atom. The van der Waals surface area contributed by atoms with Gasteiger partial charge in [0.1, 0.15) is 5.56 Å². The first-order valence-electron chi connectivity index (χ1n) is 8.03. The number of fused-ring (bicyclic) bond motifs is 1. The van der Waals surface area contributed by atoms with Gasteiger partial charge >= 0.3 is 0 Å². The number of pyridine rings is 1. The van der Waals surface area contributed by atoms with Gasteiger partial charge in [-0.25, -0.2) is 4.98 Å². The van der Waals surface area contributed by atoms with Crippen molar-refractivity contribution in [2.45, 2.75) is 43.4 Å². The van der Waals surface area contributed by atoms with Gasteiger partial charge in [0.15, 0.2) is 0 Å². The number of hydrogen-bond acceptors (Lipinski definition) is 5. The summed E-state index contributed by atoms with van der Waals surface area (Å²) in [5, 5.41) is 0. The van der Waals surface area contributed by atoms with E-state index in [0.717, 1.165) is 25.7 Å². The van der Waals surface area contributed by atoms with E-state index in [1.807, 2.05) is 4.90 Å². The number of carbonyl (C=O) groups excluding carboxylic acids is 1. The van der Waals surface area contributed by atoms with Crippen molar-refractivity contribution >= 4 is 5.91 Å². The van der Waals surface area contributed by atoms with Crippen LogP contribution in [0.3, 0.4) is 0 Å².